The molecule has 0 amide bonds. The van der Waals surface area contributed by atoms with Gasteiger partial charge in [0.05, 0.1) is 0 Å². The summed E-state index contributed by atoms with van der Waals surface area (Å²) in [5.41, 5.74) is 0. The van der Waals surface area contributed by atoms with Crippen molar-refractivity contribution in [3.05, 3.63) is 0 Å². The molecule has 0 aromatic rings. The van der Waals surface area contributed by atoms with E-state index in [1.165, 1.54) is 0 Å². The predicted molar refractivity (Wildman–Crippen MR) is 11.3 cm³/mol. The van der Waals surface area contributed by atoms with Gasteiger partial charge >= 0.3 is 37.2 Å². The predicted octanol–water partition coefficient (Wildman–Crippen LogP) is -4.38. The summed E-state index contributed by atoms with van der Waals surface area (Å²) in [6.45, 7) is 0. The van der Waals surface area contributed by atoms with E-state index in [4.69, 9.17) is 10.0 Å². The van der Waals surface area contributed by atoms with Crippen molar-refractivity contribution in [3.8, 4) is 0 Å². The summed E-state index contributed by atoms with van der Waals surface area (Å²) < 4.78 is 0. The van der Waals surface area contributed by atoms with Crippen molar-refractivity contribution in [1.82, 2.24) is 0 Å². The minimum Gasteiger partial charge on any atom is -1.00 e. The molecule has 0 heterocycles. The second-order valence-corrected chi connectivity index (χ2v) is 0.115. The molecular weight excluding hydrogens is 65.8 g/mol. The van der Waals surface area contributed by atoms with Crippen LogP contribution in [0.5, 0.6) is 0 Å². The first kappa shape index (κ1) is 8.88. The van der Waals surface area contributed by atoms with E-state index in [-0.39, 0.29) is 38.7 Å². The molecule has 0 atom stereocenters. The summed E-state index contributed by atoms with van der Waals surface area (Å²) in [7, 11) is 0. The molecule has 2 nitrogen and oxygen atoms in total. The Kier molecular flexibility index (Phi) is 20.0. The molecule has 0 aliphatic carbocycles. The molecule has 4 heteroatoms. The maximum Gasteiger partial charge on any atom is 1.00 e. The third-order valence-corrected chi connectivity index (χ3v) is 0. The molecule has 19 valence electrons. The zero-order valence-electron chi connectivity index (χ0n) is 3.47. The molecule has 0 saturated heterocycles. The van der Waals surface area contributed by atoms with Crippen molar-refractivity contribution < 1.29 is 41.0 Å². The van der Waals surface area contributed by atoms with Gasteiger partial charge in [0.25, 0.3) is 0 Å². The average Bonchev–Trinajstić information content (AvgIpc) is 0.918. The summed E-state index contributed by atoms with van der Waals surface area (Å²) in [6.07, 6.45) is 0. The van der Waals surface area contributed by atoms with Crippen LogP contribution in [0.2, 0.25) is 0 Å². The first-order valence-electron chi connectivity index (χ1n) is 0.516. The Morgan fingerprint density at radius 2 is 1.50 bits per heavy atom. The quantitative estimate of drug-likeness (QED) is 0.282. The molecule has 0 aromatic heterocycles. The number of hydrogen-bond acceptors (Lipinski definition) is 2. The average molecular weight is 68.8 g/mol. The molecular formula is H3BNaO2. The normalized spacial score (nSPS) is 3.50. The summed E-state index contributed by atoms with van der Waals surface area (Å²) in [4.78, 5) is 0. The van der Waals surface area contributed by atoms with E-state index in [0.717, 1.165) is 0 Å². The molecule has 0 aromatic carbocycles. The van der Waals surface area contributed by atoms with Crippen LogP contribution in [-0.2, 0) is 0 Å². The van der Waals surface area contributed by atoms with Gasteiger partial charge in [-0.15, -0.1) is 0 Å². The topological polar surface area (TPSA) is 40.5 Å². The van der Waals surface area contributed by atoms with Gasteiger partial charge in [0, 0.05) is 0 Å². The third kappa shape index (κ3) is 12.1. The van der Waals surface area contributed by atoms with E-state index in [9.17, 15) is 0 Å². The molecule has 0 spiro atoms. The van der Waals surface area contributed by atoms with Crippen molar-refractivity contribution >= 4 is 7.69 Å². The molecule has 0 saturated carbocycles. The maximum atomic E-state index is 7.00. The molecule has 0 aliphatic heterocycles. The fourth-order valence-corrected chi connectivity index (χ4v) is 0. The zero-order chi connectivity index (χ0) is 2.71. The van der Waals surface area contributed by atoms with Gasteiger partial charge in [-0.05, 0) is 0 Å². The molecule has 0 bridgehead atoms. The number of rotatable bonds is 0. The smallest absolute Gasteiger partial charge is 1.00 e. The summed E-state index contributed by atoms with van der Waals surface area (Å²) in [6, 6.07) is 0. The zero-order valence-corrected chi connectivity index (χ0v) is 4.47. The standard InChI is InChI=1S/BH2O2.Na.H/c2-1-3;;/h2-3H;;/q;+1;-1. The molecule has 4 heavy (non-hydrogen) atoms. The summed E-state index contributed by atoms with van der Waals surface area (Å²) in [5.74, 6) is 0. The van der Waals surface area contributed by atoms with Gasteiger partial charge in [-0.25, -0.2) is 0 Å². The first-order valence-corrected chi connectivity index (χ1v) is 0.516. The second kappa shape index (κ2) is 9.01. The fraction of sp³-hybridized carbons (Fsp3) is 0. The van der Waals surface area contributed by atoms with Gasteiger partial charge in [0.15, 0.2) is 0 Å². The van der Waals surface area contributed by atoms with E-state index in [0.29, 0.717) is 0 Å². The van der Waals surface area contributed by atoms with Gasteiger partial charge in [-0.1, -0.05) is 0 Å². The van der Waals surface area contributed by atoms with Gasteiger partial charge in [-0.2, -0.15) is 0 Å². The summed E-state index contributed by atoms with van der Waals surface area (Å²) in [5, 5.41) is 14.0. The Hall–Kier alpha value is 0.985. The molecule has 2 N–H and O–H groups in total. The molecule has 0 fully saturated rings. The van der Waals surface area contributed by atoms with Crippen LogP contribution in [0.1, 0.15) is 1.43 Å². The van der Waals surface area contributed by atoms with Gasteiger partial charge < -0.3 is 11.5 Å². The van der Waals surface area contributed by atoms with Crippen LogP contribution in [0, 0.1) is 0 Å². The monoisotopic (exact) mass is 69.0 g/mol. The first-order chi connectivity index (χ1) is 1.41. The molecule has 0 unspecified atom stereocenters. The van der Waals surface area contributed by atoms with Crippen molar-refractivity contribution in [2.45, 2.75) is 0 Å². The Balaban J connectivity index is -0.0000000200. The molecule has 0 aliphatic rings. The SMILES string of the molecule is O[B]O.[H-].[Na+]. The van der Waals surface area contributed by atoms with E-state index in [2.05, 4.69) is 0 Å². The van der Waals surface area contributed by atoms with Crippen molar-refractivity contribution in [1.29, 1.82) is 0 Å². The van der Waals surface area contributed by atoms with Crippen LogP contribution in [0.25, 0.3) is 0 Å². The molecule has 1 radical (unpaired) electrons. The number of hydrogen-bond donors (Lipinski definition) is 2. The maximum absolute atomic E-state index is 7.00. The van der Waals surface area contributed by atoms with E-state index >= 15 is 0 Å². The molecule has 0 rings (SSSR count). The van der Waals surface area contributed by atoms with Gasteiger partial charge in [0.1, 0.15) is 0 Å². The fourth-order valence-electron chi connectivity index (χ4n) is 0. The Bertz CT molecular complexity index is 9.61. The Labute approximate surface area is 48.9 Å². The summed E-state index contributed by atoms with van der Waals surface area (Å²) >= 11 is 0. The largest absolute Gasteiger partial charge is 1.00 e. The van der Waals surface area contributed by atoms with E-state index < -0.39 is 0 Å². The van der Waals surface area contributed by atoms with Crippen LogP contribution in [0.4, 0.5) is 0 Å². The van der Waals surface area contributed by atoms with Crippen LogP contribution >= 0.6 is 0 Å². The van der Waals surface area contributed by atoms with Crippen molar-refractivity contribution in [2.24, 2.45) is 0 Å². The van der Waals surface area contributed by atoms with Crippen LogP contribution in [0.3, 0.4) is 0 Å². The van der Waals surface area contributed by atoms with Gasteiger partial charge in [-0.3, -0.25) is 0 Å². The van der Waals surface area contributed by atoms with Crippen molar-refractivity contribution in [3.63, 3.8) is 0 Å². The third-order valence-electron chi connectivity index (χ3n) is 0. The second-order valence-electron chi connectivity index (χ2n) is 0.115. The van der Waals surface area contributed by atoms with E-state index in [1.807, 2.05) is 0 Å². The Morgan fingerprint density at radius 1 is 1.50 bits per heavy atom. The van der Waals surface area contributed by atoms with Crippen molar-refractivity contribution in [2.75, 3.05) is 0 Å². The Morgan fingerprint density at radius 3 is 1.50 bits per heavy atom. The van der Waals surface area contributed by atoms with Crippen LogP contribution < -0.4 is 29.6 Å². The van der Waals surface area contributed by atoms with Gasteiger partial charge in [0.2, 0.25) is 0 Å². The minimum atomic E-state index is 0. The van der Waals surface area contributed by atoms with E-state index in [1.54, 1.807) is 0 Å². The van der Waals surface area contributed by atoms with Crippen LogP contribution in [0.15, 0.2) is 0 Å². The van der Waals surface area contributed by atoms with Crippen LogP contribution in [-0.4, -0.2) is 17.7 Å². The minimum absolute atomic E-state index is 0.